The van der Waals surface area contributed by atoms with Gasteiger partial charge >= 0.3 is 5.97 Å². The summed E-state index contributed by atoms with van der Waals surface area (Å²) >= 11 is 2.71. The Bertz CT molecular complexity index is 909. The first-order valence-electron chi connectivity index (χ1n) is 8.65. The molecule has 7 nitrogen and oxygen atoms in total. The van der Waals surface area contributed by atoms with Crippen LogP contribution in [0.2, 0.25) is 0 Å². The summed E-state index contributed by atoms with van der Waals surface area (Å²) < 4.78 is 4.92. The Morgan fingerprint density at radius 3 is 2.64 bits per heavy atom. The molecule has 9 heteroatoms. The Hall–Kier alpha value is -2.52. The molecule has 3 N–H and O–H groups in total. The Morgan fingerprint density at radius 2 is 2.00 bits per heavy atom. The van der Waals surface area contributed by atoms with Crippen molar-refractivity contribution in [2.75, 3.05) is 30.5 Å². The van der Waals surface area contributed by atoms with Crippen LogP contribution < -0.4 is 11.1 Å². The van der Waals surface area contributed by atoms with Crippen LogP contribution in [-0.2, 0) is 27.3 Å². The van der Waals surface area contributed by atoms with Gasteiger partial charge in [0.15, 0.2) is 0 Å². The summed E-state index contributed by atoms with van der Waals surface area (Å²) in [5.41, 5.74) is 7.59. The van der Waals surface area contributed by atoms with E-state index in [1.165, 1.54) is 37.1 Å². The molecule has 1 aliphatic heterocycles. The van der Waals surface area contributed by atoms with Gasteiger partial charge in [-0.2, -0.15) is 0 Å². The lowest BCUT2D eigenvalue weighted by Gasteiger charge is -2.25. The molecule has 0 unspecified atom stereocenters. The van der Waals surface area contributed by atoms with Crippen molar-refractivity contribution in [2.45, 2.75) is 24.8 Å². The number of methoxy groups -OCH3 is 1. The second-order valence-corrected chi connectivity index (χ2v) is 8.45. The largest absolute Gasteiger partial charge is 0.465 e. The number of fused-ring (bicyclic) bond motifs is 1. The predicted octanol–water partition coefficient (Wildman–Crippen LogP) is 2.75. The zero-order chi connectivity index (χ0) is 20.3. The number of amides is 2. The summed E-state index contributed by atoms with van der Waals surface area (Å²) in [6, 6.07) is 7.27. The number of anilines is 2. The van der Waals surface area contributed by atoms with Crippen LogP contribution in [-0.4, -0.2) is 42.1 Å². The molecule has 1 aromatic heterocycles. The minimum Gasteiger partial charge on any atom is -0.465 e. The third kappa shape index (κ3) is 4.48. The number of nitrogen functional groups attached to an aromatic ring is 1. The fourth-order valence-corrected chi connectivity index (χ4v) is 4.92. The molecular formula is C19H21N3O4S2. The first-order valence-corrected chi connectivity index (χ1v) is 10.5. The fourth-order valence-electron chi connectivity index (χ4n) is 2.95. The zero-order valence-electron chi connectivity index (χ0n) is 15.6. The molecule has 0 bridgehead atoms. The maximum Gasteiger partial charge on any atom is 0.341 e. The molecular weight excluding hydrogens is 398 g/mol. The van der Waals surface area contributed by atoms with Crippen LogP contribution in [0.5, 0.6) is 0 Å². The van der Waals surface area contributed by atoms with E-state index < -0.39 is 5.97 Å². The SMILES string of the molecule is COC(=O)c1c(NC(=O)CSc2ccc(N)cc2)sc2c1CCN(C(C)=O)C2. The monoisotopic (exact) mass is 419 g/mol. The lowest BCUT2D eigenvalue weighted by atomic mass is 10.0. The Labute approximate surface area is 171 Å². The third-order valence-electron chi connectivity index (χ3n) is 4.39. The molecule has 0 fully saturated rings. The highest BCUT2D eigenvalue weighted by Crippen LogP contribution is 2.37. The van der Waals surface area contributed by atoms with Crippen LogP contribution in [0.15, 0.2) is 29.2 Å². The van der Waals surface area contributed by atoms with Crippen molar-refractivity contribution in [3.05, 3.63) is 40.3 Å². The predicted molar refractivity (Wildman–Crippen MR) is 111 cm³/mol. The number of carbonyl (C=O) groups is 3. The van der Waals surface area contributed by atoms with Gasteiger partial charge < -0.3 is 20.7 Å². The van der Waals surface area contributed by atoms with Crippen LogP contribution in [0.1, 0.15) is 27.7 Å². The number of nitrogens with one attached hydrogen (secondary N) is 1. The number of hydrogen-bond acceptors (Lipinski definition) is 7. The van der Waals surface area contributed by atoms with Crippen molar-refractivity contribution in [1.82, 2.24) is 4.90 Å². The van der Waals surface area contributed by atoms with Gasteiger partial charge in [-0.1, -0.05) is 0 Å². The number of rotatable bonds is 5. The van der Waals surface area contributed by atoms with E-state index in [0.29, 0.717) is 35.8 Å². The number of thioether (sulfide) groups is 1. The quantitative estimate of drug-likeness (QED) is 0.439. The van der Waals surface area contributed by atoms with Crippen molar-refractivity contribution < 1.29 is 19.1 Å². The number of nitrogens with zero attached hydrogens (tertiary/aromatic N) is 1. The number of carbonyl (C=O) groups excluding carboxylic acids is 3. The zero-order valence-corrected chi connectivity index (χ0v) is 17.2. The molecule has 2 amide bonds. The van der Waals surface area contributed by atoms with E-state index in [1.54, 1.807) is 17.0 Å². The molecule has 148 valence electrons. The van der Waals surface area contributed by atoms with Gasteiger partial charge in [0.25, 0.3) is 0 Å². The highest BCUT2D eigenvalue weighted by atomic mass is 32.2. The molecule has 28 heavy (non-hydrogen) atoms. The standard InChI is InChI=1S/C19H21N3O4S2/c1-11(23)22-8-7-14-15(9-22)28-18(17(14)19(25)26-2)21-16(24)10-27-13-5-3-12(20)4-6-13/h3-6H,7-10,20H2,1-2H3,(H,21,24). The highest BCUT2D eigenvalue weighted by Gasteiger charge is 2.30. The minimum atomic E-state index is -0.477. The summed E-state index contributed by atoms with van der Waals surface area (Å²) in [7, 11) is 1.32. The van der Waals surface area contributed by atoms with E-state index in [1.807, 2.05) is 12.1 Å². The van der Waals surface area contributed by atoms with Crippen LogP contribution in [0.3, 0.4) is 0 Å². The number of benzene rings is 1. The van der Waals surface area contributed by atoms with Gasteiger partial charge in [-0.05, 0) is 36.2 Å². The van der Waals surface area contributed by atoms with E-state index in [0.717, 1.165) is 15.3 Å². The van der Waals surface area contributed by atoms with Crippen LogP contribution in [0.4, 0.5) is 10.7 Å². The van der Waals surface area contributed by atoms with Crippen molar-refractivity contribution >= 4 is 51.6 Å². The van der Waals surface area contributed by atoms with E-state index in [4.69, 9.17) is 10.5 Å². The van der Waals surface area contributed by atoms with Crippen molar-refractivity contribution in [2.24, 2.45) is 0 Å². The molecule has 1 aromatic carbocycles. The average molecular weight is 420 g/mol. The van der Waals surface area contributed by atoms with Gasteiger partial charge in [-0.25, -0.2) is 4.79 Å². The van der Waals surface area contributed by atoms with E-state index in [9.17, 15) is 14.4 Å². The summed E-state index contributed by atoms with van der Waals surface area (Å²) in [6.07, 6.45) is 0.561. The third-order valence-corrected chi connectivity index (χ3v) is 6.54. The molecule has 0 atom stereocenters. The molecule has 0 radical (unpaired) electrons. The summed E-state index contributed by atoms with van der Waals surface area (Å²) in [6.45, 7) is 2.51. The first-order chi connectivity index (χ1) is 13.4. The molecule has 0 aliphatic carbocycles. The molecule has 1 aliphatic rings. The van der Waals surface area contributed by atoms with Crippen LogP contribution in [0.25, 0.3) is 0 Å². The normalized spacial score (nSPS) is 13.0. The second-order valence-electron chi connectivity index (χ2n) is 6.30. The Balaban J connectivity index is 1.75. The molecule has 0 saturated carbocycles. The van der Waals surface area contributed by atoms with Gasteiger partial charge in [0.1, 0.15) is 5.00 Å². The van der Waals surface area contributed by atoms with Crippen LogP contribution in [0, 0.1) is 0 Å². The number of hydrogen-bond donors (Lipinski definition) is 2. The Morgan fingerprint density at radius 1 is 1.29 bits per heavy atom. The molecule has 0 saturated heterocycles. The highest BCUT2D eigenvalue weighted by molar-refractivity contribution is 8.00. The maximum atomic E-state index is 12.4. The molecule has 2 heterocycles. The van der Waals surface area contributed by atoms with E-state index in [2.05, 4.69) is 5.32 Å². The Kier molecular flexibility index (Phi) is 6.25. The van der Waals surface area contributed by atoms with E-state index in [-0.39, 0.29) is 17.6 Å². The van der Waals surface area contributed by atoms with Gasteiger partial charge in [0.05, 0.1) is 25.0 Å². The van der Waals surface area contributed by atoms with Crippen molar-refractivity contribution in [1.29, 1.82) is 0 Å². The fraction of sp³-hybridized carbons (Fsp3) is 0.316. The number of ether oxygens (including phenoxy) is 1. The summed E-state index contributed by atoms with van der Waals surface area (Å²) in [5, 5.41) is 3.32. The molecule has 2 aromatic rings. The first kappa shape index (κ1) is 20.2. The lowest BCUT2D eigenvalue weighted by molar-refractivity contribution is -0.129. The van der Waals surface area contributed by atoms with Gasteiger partial charge in [0.2, 0.25) is 11.8 Å². The summed E-state index contributed by atoms with van der Waals surface area (Å²) in [4.78, 5) is 40.0. The smallest absolute Gasteiger partial charge is 0.341 e. The van der Waals surface area contributed by atoms with Crippen LogP contribution >= 0.6 is 23.1 Å². The number of nitrogens with two attached hydrogens (primary N) is 1. The van der Waals surface area contributed by atoms with E-state index >= 15 is 0 Å². The van der Waals surface area contributed by atoms with Crippen molar-refractivity contribution in [3.63, 3.8) is 0 Å². The maximum absolute atomic E-state index is 12.4. The molecule has 3 rings (SSSR count). The van der Waals surface area contributed by atoms with Gasteiger partial charge in [0, 0.05) is 28.9 Å². The lowest BCUT2D eigenvalue weighted by Crippen LogP contribution is -2.33. The van der Waals surface area contributed by atoms with Crippen molar-refractivity contribution in [3.8, 4) is 0 Å². The summed E-state index contributed by atoms with van der Waals surface area (Å²) in [5.74, 6) is -0.499. The number of esters is 1. The average Bonchev–Trinajstić information content (AvgIpc) is 3.03. The second kappa shape index (κ2) is 8.66. The topological polar surface area (TPSA) is 102 Å². The molecule has 0 spiro atoms. The number of thiophene rings is 1. The van der Waals surface area contributed by atoms with Gasteiger partial charge in [-0.15, -0.1) is 23.1 Å². The van der Waals surface area contributed by atoms with Gasteiger partial charge in [-0.3, -0.25) is 9.59 Å². The minimum absolute atomic E-state index is 0.0100.